The molecule has 140 valence electrons. The van der Waals surface area contributed by atoms with Crippen molar-refractivity contribution < 1.29 is 18.8 Å². The molecule has 2 aromatic heterocycles. The van der Waals surface area contributed by atoms with Gasteiger partial charge in [-0.15, -0.1) is 0 Å². The Balaban J connectivity index is 1.71. The molecular weight excluding hydrogens is 350 g/mol. The third kappa shape index (κ3) is 4.02. The monoisotopic (exact) mass is 369 g/mol. The van der Waals surface area contributed by atoms with E-state index in [9.17, 15) is 4.79 Å². The predicted molar refractivity (Wildman–Crippen MR) is 96.9 cm³/mol. The Labute approximate surface area is 155 Å². The minimum Gasteiger partial charge on any atom is -0.493 e. The molecule has 0 spiro atoms. The quantitative estimate of drug-likeness (QED) is 0.628. The van der Waals surface area contributed by atoms with Crippen LogP contribution in [0.3, 0.4) is 0 Å². The summed E-state index contributed by atoms with van der Waals surface area (Å²) in [5.74, 6) is 2.30. The highest BCUT2D eigenvalue weighted by molar-refractivity contribution is 5.94. The van der Waals surface area contributed by atoms with E-state index in [1.165, 1.54) is 13.1 Å². The molecule has 0 amide bonds. The highest BCUT2D eigenvalue weighted by atomic mass is 16.5. The molecule has 0 saturated heterocycles. The van der Waals surface area contributed by atoms with E-state index in [1.54, 1.807) is 33.3 Å². The van der Waals surface area contributed by atoms with Gasteiger partial charge in [-0.1, -0.05) is 5.16 Å². The number of rotatable bonds is 7. The lowest BCUT2D eigenvalue weighted by Gasteiger charge is -2.07. The second kappa shape index (κ2) is 7.81. The van der Waals surface area contributed by atoms with Gasteiger partial charge in [-0.25, -0.2) is 9.97 Å². The first kappa shape index (κ1) is 18.3. The zero-order valence-corrected chi connectivity index (χ0v) is 15.4. The fraction of sp³-hybridized carbons (Fsp3) is 0.278. The van der Waals surface area contributed by atoms with Crippen molar-refractivity contribution in [2.24, 2.45) is 0 Å². The summed E-state index contributed by atoms with van der Waals surface area (Å²) in [6.45, 7) is 3.48. The van der Waals surface area contributed by atoms with Crippen molar-refractivity contribution in [1.29, 1.82) is 0 Å². The van der Waals surface area contributed by atoms with Crippen LogP contribution in [0.5, 0.6) is 11.5 Å². The normalized spacial score (nSPS) is 10.5. The van der Waals surface area contributed by atoms with E-state index in [-0.39, 0.29) is 12.3 Å². The van der Waals surface area contributed by atoms with E-state index in [1.807, 2.05) is 6.07 Å². The number of carbonyl (C=O) groups excluding carboxylic acids is 1. The Morgan fingerprint density at radius 2 is 1.96 bits per heavy atom. The fourth-order valence-corrected chi connectivity index (χ4v) is 2.47. The van der Waals surface area contributed by atoms with Crippen LogP contribution in [0.4, 0.5) is 5.95 Å². The molecule has 9 nitrogen and oxygen atoms in total. The van der Waals surface area contributed by atoms with Crippen molar-refractivity contribution in [3.05, 3.63) is 41.5 Å². The van der Waals surface area contributed by atoms with E-state index in [0.717, 1.165) is 5.56 Å². The van der Waals surface area contributed by atoms with Gasteiger partial charge in [0.1, 0.15) is 0 Å². The van der Waals surface area contributed by atoms with Crippen molar-refractivity contribution in [2.45, 2.75) is 20.4 Å². The lowest BCUT2D eigenvalue weighted by molar-refractivity contribution is 0.101. The Morgan fingerprint density at radius 1 is 1.19 bits per heavy atom. The number of ketones is 1. The molecule has 0 fully saturated rings. The first-order chi connectivity index (χ1) is 13.0. The highest BCUT2D eigenvalue weighted by Gasteiger charge is 2.13. The first-order valence-corrected chi connectivity index (χ1v) is 8.15. The van der Waals surface area contributed by atoms with Crippen LogP contribution in [0.25, 0.3) is 11.4 Å². The number of nitrogens with one attached hydrogen (secondary N) is 1. The molecule has 0 saturated carbocycles. The van der Waals surface area contributed by atoms with Gasteiger partial charge in [0.15, 0.2) is 17.3 Å². The zero-order valence-electron chi connectivity index (χ0n) is 15.4. The number of methoxy groups -OCH3 is 2. The number of Topliss-reactive ketones (excluding diaryl/α,β-unsaturated/α-hetero) is 1. The number of aryl methyl sites for hydroxylation is 1. The van der Waals surface area contributed by atoms with Crippen molar-refractivity contribution in [2.75, 3.05) is 19.5 Å². The zero-order chi connectivity index (χ0) is 19.4. The average molecular weight is 369 g/mol. The molecule has 0 unspecified atom stereocenters. The SMILES string of the molecule is COc1ccc(-c2noc(CNc3ncc(C(C)=O)c(C)n3)n2)cc1OC. The van der Waals surface area contributed by atoms with Gasteiger partial charge in [0, 0.05) is 11.8 Å². The van der Waals surface area contributed by atoms with Crippen LogP contribution in [-0.4, -0.2) is 40.1 Å². The van der Waals surface area contributed by atoms with E-state index in [0.29, 0.717) is 40.4 Å². The molecule has 1 aromatic carbocycles. The van der Waals surface area contributed by atoms with Crippen LogP contribution in [0.15, 0.2) is 28.9 Å². The van der Waals surface area contributed by atoms with Crippen LogP contribution in [0.2, 0.25) is 0 Å². The molecule has 2 heterocycles. The second-order valence-electron chi connectivity index (χ2n) is 5.68. The molecule has 3 rings (SSSR count). The summed E-state index contributed by atoms with van der Waals surface area (Å²) in [6, 6.07) is 5.36. The highest BCUT2D eigenvalue weighted by Crippen LogP contribution is 2.31. The number of anilines is 1. The Morgan fingerprint density at radius 3 is 2.63 bits per heavy atom. The van der Waals surface area contributed by atoms with Crippen LogP contribution >= 0.6 is 0 Å². The summed E-state index contributed by atoms with van der Waals surface area (Å²) in [7, 11) is 3.13. The maximum Gasteiger partial charge on any atom is 0.246 e. The van der Waals surface area contributed by atoms with E-state index in [4.69, 9.17) is 14.0 Å². The summed E-state index contributed by atoms with van der Waals surface area (Å²) in [5, 5.41) is 6.98. The summed E-state index contributed by atoms with van der Waals surface area (Å²) in [5.41, 5.74) is 1.84. The van der Waals surface area contributed by atoms with Gasteiger partial charge >= 0.3 is 0 Å². The summed E-state index contributed by atoms with van der Waals surface area (Å²) in [4.78, 5) is 24.2. The van der Waals surface area contributed by atoms with Gasteiger partial charge in [-0.05, 0) is 32.0 Å². The molecule has 27 heavy (non-hydrogen) atoms. The van der Waals surface area contributed by atoms with Crippen molar-refractivity contribution in [1.82, 2.24) is 20.1 Å². The summed E-state index contributed by atoms with van der Waals surface area (Å²) >= 11 is 0. The number of hydrogen-bond donors (Lipinski definition) is 1. The van der Waals surface area contributed by atoms with Gasteiger partial charge in [0.2, 0.25) is 17.7 Å². The number of benzene rings is 1. The molecule has 3 aromatic rings. The van der Waals surface area contributed by atoms with Crippen molar-refractivity contribution in [3.8, 4) is 22.9 Å². The molecule has 9 heteroatoms. The Hall–Kier alpha value is -3.49. The fourth-order valence-electron chi connectivity index (χ4n) is 2.47. The molecule has 0 radical (unpaired) electrons. The molecule has 1 N–H and O–H groups in total. The lowest BCUT2D eigenvalue weighted by atomic mass is 10.2. The second-order valence-corrected chi connectivity index (χ2v) is 5.68. The maximum atomic E-state index is 11.4. The smallest absolute Gasteiger partial charge is 0.246 e. The van der Waals surface area contributed by atoms with Gasteiger partial charge in [-0.3, -0.25) is 4.79 Å². The van der Waals surface area contributed by atoms with Crippen LogP contribution in [0.1, 0.15) is 28.9 Å². The third-order valence-electron chi connectivity index (χ3n) is 3.87. The molecule has 0 bridgehead atoms. The number of hydrogen-bond acceptors (Lipinski definition) is 9. The van der Waals surface area contributed by atoms with E-state index < -0.39 is 0 Å². The largest absolute Gasteiger partial charge is 0.493 e. The minimum absolute atomic E-state index is 0.0736. The van der Waals surface area contributed by atoms with Crippen LogP contribution < -0.4 is 14.8 Å². The summed E-state index contributed by atoms with van der Waals surface area (Å²) in [6.07, 6.45) is 1.50. The Kier molecular flexibility index (Phi) is 5.30. The standard InChI is InChI=1S/C18H19N5O4/c1-10-13(11(2)24)8-19-18(21-10)20-9-16-22-17(23-27-16)12-5-6-14(25-3)15(7-12)26-4/h5-8H,9H2,1-4H3,(H,19,20,21). The number of nitrogens with zero attached hydrogens (tertiary/aromatic N) is 4. The van der Waals surface area contributed by atoms with Gasteiger partial charge < -0.3 is 19.3 Å². The minimum atomic E-state index is -0.0736. The van der Waals surface area contributed by atoms with Crippen LogP contribution in [0, 0.1) is 6.92 Å². The molecular formula is C18H19N5O4. The number of aromatic nitrogens is 4. The van der Waals surface area contributed by atoms with Crippen molar-refractivity contribution >= 4 is 11.7 Å². The van der Waals surface area contributed by atoms with Crippen molar-refractivity contribution in [3.63, 3.8) is 0 Å². The molecule has 0 aliphatic carbocycles. The lowest BCUT2D eigenvalue weighted by Crippen LogP contribution is -2.07. The van der Waals surface area contributed by atoms with E-state index in [2.05, 4.69) is 25.4 Å². The first-order valence-electron chi connectivity index (χ1n) is 8.15. The predicted octanol–water partition coefficient (Wildman–Crippen LogP) is 2.67. The average Bonchev–Trinajstić information content (AvgIpc) is 3.14. The Bertz CT molecular complexity index is 970. The maximum absolute atomic E-state index is 11.4. The molecule has 0 atom stereocenters. The van der Waals surface area contributed by atoms with Gasteiger partial charge in [0.25, 0.3) is 0 Å². The van der Waals surface area contributed by atoms with Crippen LogP contribution in [-0.2, 0) is 6.54 Å². The number of carbonyl (C=O) groups is 1. The molecule has 0 aliphatic heterocycles. The molecule has 0 aliphatic rings. The van der Waals surface area contributed by atoms with E-state index >= 15 is 0 Å². The number of ether oxygens (including phenoxy) is 2. The van der Waals surface area contributed by atoms with Gasteiger partial charge in [0.05, 0.1) is 32.0 Å². The topological polar surface area (TPSA) is 112 Å². The third-order valence-corrected chi connectivity index (χ3v) is 3.87. The van der Waals surface area contributed by atoms with Gasteiger partial charge in [-0.2, -0.15) is 4.98 Å². The summed E-state index contributed by atoms with van der Waals surface area (Å²) < 4.78 is 15.8.